The molecule has 21 heavy (non-hydrogen) atoms. The summed E-state index contributed by atoms with van der Waals surface area (Å²) >= 11 is 0. The Morgan fingerprint density at radius 3 is 2.62 bits per heavy atom. The summed E-state index contributed by atoms with van der Waals surface area (Å²) in [6.45, 7) is 4.49. The van der Waals surface area contributed by atoms with Crippen molar-refractivity contribution in [1.82, 2.24) is 9.88 Å². The number of carbonyl (C=O) groups excluding carboxylic acids is 1. The van der Waals surface area contributed by atoms with Crippen molar-refractivity contribution in [2.75, 3.05) is 6.54 Å². The van der Waals surface area contributed by atoms with E-state index in [1.54, 1.807) is 6.92 Å². The molecule has 1 aromatic heterocycles. The lowest BCUT2D eigenvalue weighted by Crippen LogP contribution is -2.31. The minimum atomic E-state index is -1.26. The van der Waals surface area contributed by atoms with Gasteiger partial charge in [0.2, 0.25) is 5.95 Å². The molecule has 3 nitrogen and oxygen atoms in total. The number of nitrogens with zero attached hydrogens (tertiary/aromatic N) is 2. The standard InChI is InChI=1S/C16H16F2N2O/c1-3-20(10-12-7-5-4-6-11(12)2)16(21)13-8-9-19-15(18)14(13)17/h4-9H,3,10H2,1-2H3. The smallest absolute Gasteiger partial charge is 0.257 e. The van der Waals surface area contributed by atoms with Crippen LogP contribution < -0.4 is 0 Å². The van der Waals surface area contributed by atoms with E-state index in [0.717, 1.165) is 17.3 Å². The van der Waals surface area contributed by atoms with Crippen LogP contribution in [0.3, 0.4) is 0 Å². The molecule has 1 heterocycles. The van der Waals surface area contributed by atoms with Crippen LogP contribution in [0.5, 0.6) is 0 Å². The Bertz CT molecular complexity index is 658. The summed E-state index contributed by atoms with van der Waals surface area (Å²) in [4.78, 5) is 17.0. The van der Waals surface area contributed by atoms with Gasteiger partial charge in [0.1, 0.15) is 0 Å². The molecule has 2 rings (SSSR count). The lowest BCUT2D eigenvalue weighted by molar-refractivity contribution is 0.0746. The predicted molar refractivity (Wildman–Crippen MR) is 75.7 cm³/mol. The fraction of sp³-hybridized carbons (Fsp3) is 0.250. The number of hydrogen-bond acceptors (Lipinski definition) is 2. The summed E-state index contributed by atoms with van der Waals surface area (Å²) < 4.78 is 26.8. The molecule has 0 spiro atoms. The van der Waals surface area contributed by atoms with Crippen LogP contribution in [0.15, 0.2) is 36.5 Å². The second-order valence-electron chi connectivity index (χ2n) is 4.71. The van der Waals surface area contributed by atoms with Gasteiger partial charge in [0, 0.05) is 19.3 Å². The highest BCUT2D eigenvalue weighted by Gasteiger charge is 2.21. The molecule has 0 saturated carbocycles. The normalized spacial score (nSPS) is 10.5. The number of pyridine rings is 1. The van der Waals surface area contributed by atoms with Crippen molar-refractivity contribution in [3.63, 3.8) is 0 Å². The number of halogens is 2. The van der Waals surface area contributed by atoms with Gasteiger partial charge in [-0.3, -0.25) is 4.79 Å². The van der Waals surface area contributed by atoms with E-state index in [1.165, 1.54) is 11.0 Å². The number of amides is 1. The van der Waals surface area contributed by atoms with Crippen LogP contribution in [-0.4, -0.2) is 22.3 Å². The average Bonchev–Trinajstić information content (AvgIpc) is 2.48. The number of rotatable bonds is 4. The number of aromatic nitrogens is 1. The molecule has 110 valence electrons. The number of benzene rings is 1. The topological polar surface area (TPSA) is 33.2 Å². The van der Waals surface area contributed by atoms with E-state index < -0.39 is 17.7 Å². The molecule has 0 aliphatic rings. The largest absolute Gasteiger partial charge is 0.334 e. The highest BCUT2D eigenvalue weighted by Crippen LogP contribution is 2.16. The molecular weight excluding hydrogens is 274 g/mol. The van der Waals surface area contributed by atoms with Crippen molar-refractivity contribution in [2.24, 2.45) is 0 Å². The summed E-state index contributed by atoms with van der Waals surface area (Å²) in [5.74, 6) is -3.00. The Balaban J connectivity index is 2.27. The highest BCUT2D eigenvalue weighted by molar-refractivity contribution is 5.94. The summed E-state index contributed by atoms with van der Waals surface area (Å²) in [5, 5.41) is 0. The predicted octanol–water partition coefficient (Wildman–Crippen LogP) is 3.33. The van der Waals surface area contributed by atoms with Gasteiger partial charge in [-0.05, 0) is 31.0 Å². The minimum absolute atomic E-state index is 0.294. The third-order valence-corrected chi connectivity index (χ3v) is 3.37. The minimum Gasteiger partial charge on any atom is -0.334 e. The van der Waals surface area contributed by atoms with E-state index in [1.807, 2.05) is 31.2 Å². The molecule has 0 aliphatic carbocycles. The Hall–Kier alpha value is -2.30. The van der Waals surface area contributed by atoms with E-state index in [9.17, 15) is 13.6 Å². The molecule has 0 saturated heterocycles. The van der Waals surface area contributed by atoms with Gasteiger partial charge in [0.25, 0.3) is 5.91 Å². The van der Waals surface area contributed by atoms with Crippen LogP contribution in [0.25, 0.3) is 0 Å². The van der Waals surface area contributed by atoms with Crippen LogP contribution in [0.2, 0.25) is 0 Å². The first-order valence-electron chi connectivity index (χ1n) is 6.68. The number of hydrogen-bond donors (Lipinski definition) is 0. The van der Waals surface area contributed by atoms with E-state index in [4.69, 9.17) is 0 Å². The van der Waals surface area contributed by atoms with Gasteiger partial charge < -0.3 is 4.90 Å². The molecule has 1 aromatic carbocycles. The van der Waals surface area contributed by atoms with Crippen LogP contribution in [0.4, 0.5) is 8.78 Å². The molecular formula is C16H16F2N2O. The highest BCUT2D eigenvalue weighted by atomic mass is 19.2. The summed E-state index contributed by atoms with van der Waals surface area (Å²) in [6, 6.07) is 8.85. The van der Waals surface area contributed by atoms with Crippen molar-refractivity contribution >= 4 is 5.91 Å². The molecule has 0 unspecified atom stereocenters. The molecule has 2 aromatic rings. The Morgan fingerprint density at radius 2 is 1.95 bits per heavy atom. The molecule has 0 radical (unpaired) electrons. The molecule has 0 aliphatic heterocycles. The fourth-order valence-electron chi connectivity index (χ4n) is 2.07. The van der Waals surface area contributed by atoms with E-state index in [0.29, 0.717) is 13.1 Å². The number of carbonyl (C=O) groups is 1. The zero-order chi connectivity index (χ0) is 15.4. The van der Waals surface area contributed by atoms with Gasteiger partial charge in [-0.25, -0.2) is 9.37 Å². The first-order valence-corrected chi connectivity index (χ1v) is 6.68. The van der Waals surface area contributed by atoms with Gasteiger partial charge in [0.15, 0.2) is 5.82 Å². The second-order valence-corrected chi connectivity index (χ2v) is 4.71. The molecule has 1 amide bonds. The molecule has 0 N–H and O–H groups in total. The van der Waals surface area contributed by atoms with Gasteiger partial charge in [-0.2, -0.15) is 4.39 Å². The van der Waals surface area contributed by atoms with Crippen molar-refractivity contribution in [3.05, 3.63) is 65.0 Å². The van der Waals surface area contributed by atoms with Gasteiger partial charge in [0.05, 0.1) is 5.56 Å². The maximum absolute atomic E-state index is 13.7. The Labute approximate surface area is 122 Å². The first-order chi connectivity index (χ1) is 10.0. The lowest BCUT2D eigenvalue weighted by Gasteiger charge is -2.22. The quantitative estimate of drug-likeness (QED) is 0.809. The summed E-state index contributed by atoms with van der Waals surface area (Å²) in [5.41, 5.74) is 1.73. The molecule has 0 bridgehead atoms. The average molecular weight is 290 g/mol. The van der Waals surface area contributed by atoms with Crippen LogP contribution in [-0.2, 0) is 6.54 Å². The van der Waals surface area contributed by atoms with E-state index in [-0.39, 0.29) is 5.56 Å². The van der Waals surface area contributed by atoms with Gasteiger partial charge in [-0.1, -0.05) is 24.3 Å². The summed E-state index contributed by atoms with van der Waals surface area (Å²) in [7, 11) is 0. The third-order valence-electron chi connectivity index (χ3n) is 3.37. The lowest BCUT2D eigenvalue weighted by atomic mass is 10.1. The maximum atomic E-state index is 13.7. The molecule has 0 atom stereocenters. The van der Waals surface area contributed by atoms with Crippen LogP contribution >= 0.6 is 0 Å². The van der Waals surface area contributed by atoms with Crippen LogP contribution in [0, 0.1) is 18.7 Å². The Morgan fingerprint density at radius 1 is 1.24 bits per heavy atom. The zero-order valence-electron chi connectivity index (χ0n) is 11.9. The van der Waals surface area contributed by atoms with Crippen molar-refractivity contribution < 1.29 is 13.6 Å². The van der Waals surface area contributed by atoms with Crippen LogP contribution in [0.1, 0.15) is 28.4 Å². The van der Waals surface area contributed by atoms with Gasteiger partial charge >= 0.3 is 0 Å². The van der Waals surface area contributed by atoms with Crippen molar-refractivity contribution in [2.45, 2.75) is 20.4 Å². The van der Waals surface area contributed by atoms with E-state index in [2.05, 4.69) is 4.98 Å². The number of aryl methyl sites for hydroxylation is 1. The van der Waals surface area contributed by atoms with Gasteiger partial charge in [-0.15, -0.1) is 0 Å². The van der Waals surface area contributed by atoms with Crippen molar-refractivity contribution in [1.29, 1.82) is 0 Å². The molecule has 5 heteroatoms. The Kier molecular flexibility index (Phi) is 4.62. The fourth-order valence-corrected chi connectivity index (χ4v) is 2.07. The SMILES string of the molecule is CCN(Cc1ccccc1C)C(=O)c1ccnc(F)c1F. The second kappa shape index (κ2) is 6.43. The zero-order valence-corrected chi connectivity index (χ0v) is 11.9. The van der Waals surface area contributed by atoms with E-state index >= 15 is 0 Å². The first kappa shape index (κ1) is 15.1. The maximum Gasteiger partial charge on any atom is 0.257 e. The monoisotopic (exact) mass is 290 g/mol. The van der Waals surface area contributed by atoms with Crippen molar-refractivity contribution in [3.8, 4) is 0 Å². The summed E-state index contributed by atoms with van der Waals surface area (Å²) in [6.07, 6.45) is 1.09. The third kappa shape index (κ3) is 3.24. The molecule has 0 fully saturated rings.